The second kappa shape index (κ2) is 4.55. The van der Waals surface area contributed by atoms with Crippen LogP contribution in [0.4, 0.5) is 0 Å². The maximum atomic E-state index is 12.0. The summed E-state index contributed by atoms with van der Waals surface area (Å²) in [6.45, 7) is 3.61. The molecule has 0 aliphatic heterocycles. The molecular weight excluding hydrogens is 246 g/mol. The lowest BCUT2D eigenvalue weighted by molar-refractivity contribution is -0.126. The highest BCUT2D eigenvalue weighted by atomic mass is 16.4. The molecule has 1 heterocycles. The van der Waals surface area contributed by atoms with Crippen molar-refractivity contribution in [3.63, 3.8) is 0 Å². The van der Waals surface area contributed by atoms with Crippen LogP contribution in [0.3, 0.4) is 0 Å². The van der Waals surface area contributed by atoms with E-state index in [0.717, 1.165) is 5.56 Å². The van der Waals surface area contributed by atoms with Crippen molar-refractivity contribution in [2.75, 3.05) is 7.05 Å². The Kier molecular flexibility index (Phi) is 3.20. The summed E-state index contributed by atoms with van der Waals surface area (Å²) in [6, 6.07) is 5.34. The van der Waals surface area contributed by atoms with Gasteiger partial charge in [0.1, 0.15) is 0 Å². The number of aryl methyl sites for hydroxylation is 1. The number of aromatic nitrogens is 1. The van der Waals surface area contributed by atoms with Crippen molar-refractivity contribution in [3.05, 3.63) is 34.3 Å². The van der Waals surface area contributed by atoms with Gasteiger partial charge in [0.25, 0.3) is 0 Å². The number of rotatable bonds is 3. The van der Waals surface area contributed by atoms with Crippen molar-refractivity contribution < 1.29 is 9.21 Å². The standard InChI is InChI=1S/C13H17N3O3/c1-13(2,11(17)15-14-3)8-5-6-9-10(7-8)19-12(18)16(9)4/h5-7,14H,1-4H3,(H,15,17). The first-order valence-corrected chi connectivity index (χ1v) is 5.95. The Bertz CT molecular complexity index is 682. The molecule has 2 rings (SSSR count). The summed E-state index contributed by atoms with van der Waals surface area (Å²) in [5.74, 6) is -0.572. The summed E-state index contributed by atoms with van der Waals surface area (Å²) in [7, 11) is 3.28. The average Bonchev–Trinajstić information content (AvgIpc) is 2.65. The molecule has 0 atom stereocenters. The molecule has 1 aromatic heterocycles. The maximum absolute atomic E-state index is 12.0. The largest absolute Gasteiger partial charge is 0.419 e. The highest BCUT2D eigenvalue weighted by Gasteiger charge is 2.30. The van der Waals surface area contributed by atoms with Gasteiger partial charge in [0, 0.05) is 14.1 Å². The van der Waals surface area contributed by atoms with Crippen molar-refractivity contribution in [1.29, 1.82) is 0 Å². The molecular formula is C13H17N3O3. The van der Waals surface area contributed by atoms with E-state index in [4.69, 9.17) is 4.42 Å². The zero-order valence-corrected chi connectivity index (χ0v) is 11.4. The number of oxazole rings is 1. The molecule has 2 aromatic rings. The van der Waals surface area contributed by atoms with Crippen LogP contribution >= 0.6 is 0 Å². The molecule has 2 N–H and O–H groups in total. The van der Waals surface area contributed by atoms with Gasteiger partial charge in [0.2, 0.25) is 5.91 Å². The quantitative estimate of drug-likeness (QED) is 0.798. The number of carbonyl (C=O) groups is 1. The number of hydrazine groups is 1. The van der Waals surface area contributed by atoms with Gasteiger partial charge in [-0.3, -0.25) is 14.8 Å². The summed E-state index contributed by atoms with van der Waals surface area (Å²) in [5.41, 5.74) is 6.42. The Morgan fingerprint density at radius 3 is 2.68 bits per heavy atom. The van der Waals surface area contributed by atoms with Crippen LogP contribution in [-0.2, 0) is 17.3 Å². The fraction of sp³-hybridized carbons (Fsp3) is 0.385. The minimum Gasteiger partial charge on any atom is -0.408 e. The van der Waals surface area contributed by atoms with E-state index in [1.807, 2.05) is 19.9 Å². The lowest BCUT2D eigenvalue weighted by Crippen LogP contribution is -2.45. The lowest BCUT2D eigenvalue weighted by atomic mass is 9.84. The molecule has 0 radical (unpaired) electrons. The molecule has 19 heavy (non-hydrogen) atoms. The van der Waals surface area contributed by atoms with Crippen LogP contribution in [-0.4, -0.2) is 17.5 Å². The Labute approximate surface area is 110 Å². The smallest absolute Gasteiger partial charge is 0.408 e. The summed E-state index contributed by atoms with van der Waals surface area (Å²) in [5, 5.41) is 0. The van der Waals surface area contributed by atoms with Gasteiger partial charge in [-0.15, -0.1) is 0 Å². The fourth-order valence-corrected chi connectivity index (χ4v) is 1.92. The second-order valence-electron chi connectivity index (χ2n) is 4.94. The average molecular weight is 263 g/mol. The van der Waals surface area contributed by atoms with Crippen LogP contribution in [0, 0.1) is 0 Å². The Morgan fingerprint density at radius 1 is 1.37 bits per heavy atom. The first-order chi connectivity index (χ1) is 8.87. The highest BCUT2D eigenvalue weighted by molar-refractivity contribution is 5.88. The number of hydrogen-bond donors (Lipinski definition) is 2. The van der Waals surface area contributed by atoms with Crippen LogP contribution in [0.2, 0.25) is 0 Å². The molecule has 0 aliphatic carbocycles. The van der Waals surface area contributed by atoms with E-state index in [2.05, 4.69) is 10.9 Å². The molecule has 0 spiro atoms. The Balaban J connectivity index is 2.51. The van der Waals surface area contributed by atoms with Gasteiger partial charge in [-0.1, -0.05) is 6.07 Å². The molecule has 0 fully saturated rings. The fourth-order valence-electron chi connectivity index (χ4n) is 1.92. The SMILES string of the molecule is CNNC(=O)C(C)(C)c1ccc2c(c1)oc(=O)n2C. The normalized spacial score (nSPS) is 11.8. The third-order valence-corrected chi connectivity index (χ3v) is 3.32. The molecule has 102 valence electrons. The highest BCUT2D eigenvalue weighted by Crippen LogP contribution is 2.26. The van der Waals surface area contributed by atoms with Gasteiger partial charge >= 0.3 is 5.76 Å². The van der Waals surface area contributed by atoms with Gasteiger partial charge in [-0.25, -0.2) is 10.2 Å². The van der Waals surface area contributed by atoms with Crippen LogP contribution in [0.25, 0.3) is 11.1 Å². The minimum absolute atomic E-state index is 0.160. The van der Waals surface area contributed by atoms with E-state index in [1.54, 1.807) is 26.2 Å². The predicted octanol–water partition coefficient (Wildman–Crippen LogP) is 0.660. The summed E-state index contributed by atoms with van der Waals surface area (Å²) in [4.78, 5) is 23.4. The molecule has 1 aromatic carbocycles. The number of hydrogen-bond acceptors (Lipinski definition) is 4. The van der Waals surface area contributed by atoms with Gasteiger partial charge < -0.3 is 4.42 Å². The third-order valence-electron chi connectivity index (χ3n) is 3.32. The second-order valence-corrected chi connectivity index (χ2v) is 4.94. The van der Waals surface area contributed by atoms with E-state index in [9.17, 15) is 9.59 Å². The first-order valence-electron chi connectivity index (χ1n) is 5.95. The molecule has 0 bridgehead atoms. The molecule has 0 saturated heterocycles. The summed E-state index contributed by atoms with van der Waals surface area (Å²) >= 11 is 0. The van der Waals surface area contributed by atoms with E-state index in [-0.39, 0.29) is 5.91 Å². The first kappa shape index (κ1) is 13.4. The molecule has 6 heteroatoms. The zero-order valence-electron chi connectivity index (χ0n) is 11.4. The van der Waals surface area contributed by atoms with E-state index >= 15 is 0 Å². The molecule has 0 aliphatic rings. The van der Waals surface area contributed by atoms with Crippen LogP contribution in [0.1, 0.15) is 19.4 Å². The number of nitrogens with zero attached hydrogens (tertiary/aromatic N) is 1. The van der Waals surface area contributed by atoms with Crippen molar-refractivity contribution >= 4 is 17.0 Å². The molecule has 0 saturated carbocycles. The molecule has 0 unspecified atom stereocenters. The van der Waals surface area contributed by atoms with Crippen LogP contribution < -0.4 is 16.6 Å². The van der Waals surface area contributed by atoms with E-state index in [1.165, 1.54) is 4.57 Å². The minimum atomic E-state index is -0.731. The maximum Gasteiger partial charge on any atom is 0.419 e. The van der Waals surface area contributed by atoms with Gasteiger partial charge in [-0.05, 0) is 31.5 Å². The number of fused-ring (bicyclic) bond motifs is 1. The molecule has 6 nitrogen and oxygen atoms in total. The number of amides is 1. The zero-order chi connectivity index (χ0) is 14.2. The lowest BCUT2D eigenvalue weighted by Gasteiger charge is -2.23. The number of benzene rings is 1. The Hall–Kier alpha value is -2.08. The van der Waals surface area contributed by atoms with Crippen LogP contribution in [0.5, 0.6) is 0 Å². The van der Waals surface area contributed by atoms with Crippen molar-refractivity contribution in [1.82, 2.24) is 15.4 Å². The topological polar surface area (TPSA) is 76.3 Å². The van der Waals surface area contributed by atoms with Crippen molar-refractivity contribution in [2.24, 2.45) is 7.05 Å². The van der Waals surface area contributed by atoms with E-state index < -0.39 is 11.2 Å². The summed E-state index contributed by atoms with van der Waals surface area (Å²) in [6.07, 6.45) is 0. The predicted molar refractivity (Wildman–Crippen MR) is 71.7 cm³/mol. The summed E-state index contributed by atoms with van der Waals surface area (Å²) < 4.78 is 6.56. The van der Waals surface area contributed by atoms with Crippen molar-refractivity contribution in [3.8, 4) is 0 Å². The van der Waals surface area contributed by atoms with E-state index in [0.29, 0.717) is 11.1 Å². The monoisotopic (exact) mass is 263 g/mol. The van der Waals surface area contributed by atoms with Gasteiger partial charge in [0.05, 0.1) is 10.9 Å². The van der Waals surface area contributed by atoms with Gasteiger partial charge in [0.15, 0.2) is 5.58 Å². The van der Waals surface area contributed by atoms with Crippen molar-refractivity contribution in [2.45, 2.75) is 19.3 Å². The molecule has 1 amide bonds. The van der Waals surface area contributed by atoms with Gasteiger partial charge in [-0.2, -0.15) is 0 Å². The number of nitrogens with one attached hydrogen (secondary N) is 2. The Morgan fingerprint density at radius 2 is 2.05 bits per heavy atom. The van der Waals surface area contributed by atoms with Crippen LogP contribution in [0.15, 0.2) is 27.4 Å². The third kappa shape index (κ3) is 2.15. The number of carbonyl (C=O) groups excluding carboxylic acids is 1.